The molecule has 0 bridgehead atoms. The van der Waals surface area contributed by atoms with Crippen LogP contribution in [0, 0.1) is 5.82 Å². The SMILES string of the molecule is OC(c1cccc(F)c1)c1cc(N2CCNCC2)no1. The highest BCUT2D eigenvalue weighted by Crippen LogP contribution is 2.26. The van der Waals surface area contributed by atoms with Gasteiger partial charge >= 0.3 is 0 Å². The third-order valence-electron chi connectivity index (χ3n) is 3.39. The van der Waals surface area contributed by atoms with Crippen molar-refractivity contribution in [2.75, 3.05) is 31.1 Å². The van der Waals surface area contributed by atoms with Crippen LogP contribution < -0.4 is 10.2 Å². The van der Waals surface area contributed by atoms with Crippen molar-refractivity contribution < 1.29 is 14.0 Å². The van der Waals surface area contributed by atoms with Crippen molar-refractivity contribution in [3.8, 4) is 0 Å². The van der Waals surface area contributed by atoms with E-state index in [0.29, 0.717) is 17.1 Å². The lowest BCUT2D eigenvalue weighted by molar-refractivity contribution is 0.176. The first kappa shape index (κ1) is 13.1. The lowest BCUT2D eigenvalue weighted by atomic mass is 10.1. The van der Waals surface area contributed by atoms with Crippen LogP contribution >= 0.6 is 0 Å². The van der Waals surface area contributed by atoms with Crippen molar-refractivity contribution in [2.45, 2.75) is 6.10 Å². The van der Waals surface area contributed by atoms with Crippen molar-refractivity contribution in [2.24, 2.45) is 0 Å². The summed E-state index contributed by atoms with van der Waals surface area (Å²) in [7, 11) is 0. The molecule has 1 unspecified atom stereocenters. The minimum absolute atomic E-state index is 0.323. The first-order valence-electron chi connectivity index (χ1n) is 6.60. The van der Waals surface area contributed by atoms with Crippen LogP contribution in [0.2, 0.25) is 0 Å². The number of aliphatic hydroxyl groups excluding tert-OH is 1. The predicted molar refractivity (Wildman–Crippen MR) is 72.0 cm³/mol. The Hall–Kier alpha value is -1.92. The molecule has 6 heteroatoms. The zero-order valence-corrected chi connectivity index (χ0v) is 10.9. The fraction of sp³-hybridized carbons (Fsp3) is 0.357. The number of anilines is 1. The van der Waals surface area contributed by atoms with Crippen LogP contribution in [0.25, 0.3) is 0 Å². The Morgan fingerprint density at radius 3 is 2.85 bits per heavy atom. The number of hydrogen-bond acceptors (Lipinski definition) is 5. The average molecular weight is 277 g/mol. The molecule has 20 heavy (non-hydrogen) atoms. The molecule has 0 aliphatic carbocycles. The van der Waals surface area contributed by atoms with Crippen LogP contribution in [0.4, 0.5) is 10.2 Å². The lowest BCUT2D eigenvalue weighted by Crippen LogP contribution is -2.43. The molecule has 1 aliphatic rings. The summed E-state index contributed by atoms with van der Waals surface area (Å²) in [5, 5.41) is 17.4. The molecule has 3 rings (SSSR count). The summed E-state index contributed by atoms with van der Waals surface area (Å²) in [6.45, 7) is 3.49. The van der Waals surface area contributed by atoms with Gasteiger partial charge in [0.15, 0.2) is 11.6 Å². The summed E-state index contributed by atoms with van der Waals surface area (Å²) in [5.41, 5.74) is 0.452. The van der Waals surface area contributed by atoms with E-state index in [1.54, 1.807) is 18.2 Å². The van der Waals surface area contributed by atoms with Crippen LogP contribution in [0.5, 0.6) is 0 Å². The molecule has 0 amide bonds. The Morgan fingerprint density at radius 1 is 1.30 bits per heavy atom. The van der Waals surface area contributed by atoms with Gasteiger partial charge in [-0.05, 0) is 17.7 Å². The van der Waals surface area contributed by atoms with Crippen LogP contribution in [0.1, 0.15) is 17.4 Å². The summed E-state index contributed by atoms with van der Waals surface area (Å²) in [5.74, 6) is 0.643. The molecular weight excluding hydrogens is 261 g/mol. The smallest absolute Gasteiger partial charge is 0.172 e. The Labute approximate surface area is 116 Å². The molecule has 1 aromatic heterocycles. The molecule has 1 atom stereocenters. The van der Waals surface area contributed by atoms with Gasteiger partial charge in [-0.15, -0.1) is 0 Å². The summed E-state index contributed by atoms with van der Waals surface area (Å²) in [6.07, 6.45) is -1.00. The number of nitrogens with one attached hydrogen (secondary N) is 1. The molecule has 2 N–H and O–H groups in total. The summed E-state index contributed by atoms with van der Waals surface area (Å²) >= 11 is 0. The Morgan fingerprint density at radius 2 is 2.10 bits per heavy atom. The van der Waals surface area contributed by atoms with E-state index in [1.165, 1.54) is 12.1 Å². The average Bonchev–Trinajstić information content (AvgIpc) is 2.97. The number of aliphatic hydroxyl groups is 1. The molecule has 106 valence electrons. The van der Waals surface area contributed by atoms with E-state index in [4.69, 9.17) is 4.52 Å². The maximum absolute atomic E-state index is 13.2. The summed E-state index contributed by atoms with van der Waals surface area (Å²) in [4.78, 5) is 2.09. The number of nitrogens with zero attached hydrogens (tertiary/aromatic N) is 2. The highest BCUT2D eigenvalue weighted by molar-refractivity contribution is 5.40. The molecule has 0 radical (unpaired) electrons. The summed E-state index contributed by atoms with van der Waals surface area (Å²) in [6, 6.07) is 7.55. The van der Waals surface area contributed by atoms with Gasteiger partial charge < -0.3 is 19.8 Å². The van der Waals surface area contributed by atoms with Crippen LogP contribution in [0.15, 0.2) is 34.9 Å². The fourth-order valence-corrected chi connectivity index (χ4v) is 2.29. The topological polar surface area (TPSA) is 61.5 Å². The normalized spacial score (nSPS) is 17.2. The van der Waals surface area contributed by atoms with Crippen molar-refractivity contribution in [3.05, 3.63) is 47.5 Å². The molecule has 1 aliphatic heterocycles. The molecular formula is C14H16FN3O2. The zero-order chi connectivity index (χ0) is 13.9. The number of rotatable bonds is 3. The second-order valence-electron chi connectivity index (χ2n) is 4.78. The van der Waals surface area contributed by atoms with Crippen molar-refractivity contribution in [1.29, 1.82) is 0 Å². The van der Waals surface area contributed by atoms with E-state index in [-0.39, 0.29) is 5.82 Å². The number of benzene rings is 1. The van der Waals surface area contributed by atoms with E-state index >= 15 is 0 Å². The van der Waals surface area contributed by atoms with Crippen LogP contribution in [-0.2, 0) is 0 Å². The third-order valence-corrected chi connectivity index (χ3v) is 3.39. The largest absolute Gasteiger partial charge is 0.380 e. The second-order valence-corrected chi connectivity index (χ2v) is 4.78. The molecule has 0 spiro atoms. The van der Waals surface area contributed by atoms with Gasteiger partial charge in [0.1, 0.15) is 11.9 Å². The highest BCUT2D eigenvalue weighted by Gasteiger charge is 2.20. The van der Waals surface area contributed by atoms with E-state index in [0.717, 1.165) is 26.2 Å². The van der Waals surface area contributed by atoms with E-state index in [2.05, 4.69) is 15.4 Å². The van der Waals surface area contributed by atoms with Gasteiger partial charge in [0, 0.05) is 32.2 Å². The van der Waals surface area contributed by atoms with E-state index < -0.39 is 6.10 Å². The van der Waals surface area contributed by atoms with Crippen molar-refractivity contribution in [1.82, 2.24) is 10.5 Å². The van der Waals surface area contributed by atoms with Gasteiger partial charge in [0.05, 0.1) is 0 Å². The van der Waals surface area contributed by atoms with Gasteiger partial charge in [0.2, 0.25) is 0 Å². The minimum atomic E-state index is -1.00. The maximum Gasteiger partial charge on any atom is 0.172 e. The molecule has 5 nitrogen and oxygen atoms in total. The van der Waals surface area contributed by atoms with Gasteiger partial charge in [-0.25, -0.2) is 4.39 Å². The van der Waals surface area contributed by atoms with Gasteiger partial charge in [-0.2, -0.15) is 0 Å². The van der Waals surface area contributed by atoms with E-state index in [9.17, 15) is 9.50 Å². The zero-order valence-electron chi connectivity index (χ0n) is 10.9. The number of aromatic nitrogens is 1. The monoisotopic (exact) mass is 277 g/mol. The number of piperazine rings is 1. The minimum Gasteiger partial charge on any atom is -0.380 e. The fourth-order valence-electron chi connectivity index (χ4n) is 2.29. The van der Waals surface area contributed by atoms with Crippen molar-refractivity contribution >= 4 is 5.82 Å². The molecule has 2 aromatic rings. The van der Waals surface area contributed by atoms with Crippen LogP contribution in [-0.4, -0.2) is 36.4 Å². The van der Waals surface area contributed by atoms with Crippen LogP contribution in [0.3, 0.4) is 0 Å². The Bertz CT molecular complexity index is 581. The van der Waals surface area contributed by atoms with E-state index in [1.807, 2.05) is 0 Å². The third kappa shape index (κ3) is 2.66. The van der Waals surface area contributed by atoms with Gasteiger partial charge in [-0.3, -0.25) is 0 Å². The predicted octanol–water partition coefficient (Wildman–Crippen LogP) is 1.30. The maximum atomic E-state index is 13.2. The molecule has 1 fully saturated rings. The first-order valence-corrected chi connectivity index (χ1v) is 6.60. The highest BCUT2D eigenvalue weighted by atomic mass is 19.1. The Balaban J connectivity index is 1.78. The quantitative estimate of drug-likeness (QED) is 0.885. The second kappa shape index (κ2) is 5.60. The van der Waals surface area contributed by atoms with Gasteiger partial charge in [0.25, 0.3) is 0 Å². The lowest BCUT2D eigenvalue weighted by Gasteiger charge is -2.26. The molecule has 1 saturated heterocycles. The van der Waals surface area contributed by atoms with Crippen molar-refractivity contribution in [3.63, 3.8) is 0 Å². The first-order chi connectivity index (χ1) is 9.74. The van der Waals surface area contributed by atoms with Gasteiger partial charge in [-0.1, -0.05) is 17.3 Å². The standard InChI is InChI=1S/C14H16FN3O2/c15-11-3-1-2-10(8-11)14(19)12-9-13(17-20-12)18-6-4-16-5-7-18/h1-3,8-9,14,16,19H,4-7H2. The number of halogens is 1. The Kier molecular flexibility index (Phi) is 3.66. The molecule has 1 aromatic carbocycles. The molecule has 2 heterocycles. The molecule has 0 saturated carbocycles. The number of hydrogen-bond donors (Lipinski definition) is 2. The summed E-state index contributed by atoms with van der Waals surface area (Å²) < 4.78 is 18.4.